The van der Waals surface area contributed by atoms with Crippen LogP contribution in [0, 0.1) is 23.0 Å². The van der Waals surface area contributed by atoms with E-state index < -0.39 is 0 Å². The smallest absolute Gasteiger partial charge is 0.311 e. The van der Waals surface area contributed by atoms with Gasteiger partial charge in [-0.05, 0) is 26.3 Å². The molecule has 0 saturated carbocycles. The van der Waals surface area contributed by atoms with Crippen LogP contribution in [0.3, 0.4) is 0 Å². The fourth-order valence-corrected chi connectivity index (χ4v) is 2.32. The number of anilines is 1. The lowest BCUT2D eigenvalue weighted by Gasteiger charge is -2.24. The maximum atomic E-state index is 11.1. The monoisotopic (exact) mass is 265 g/mol. The van der Waals surface area contributed by atoms with E-state index in [1.165, 1.54) is 6.07 Å². The molecule has 104 valence electrons. The van der Waals surface area contributed by atoms with E-state index in [1.54, 1.807) is 6.07 Å². The molecule has 1 atom stereocenters. The van der Waals surface area contributed by atoms with Gasteiger partial charge in [-0.3, -0.25) is 10.1 Å². The van der Waals surface area contributed by atoms with E-state index in [0.29, 0.717) is 18.3 Å². The number of nitrogens with zero attached hydrogens (tertiary/aromatic N) is 3. The van der Waals surface area contributed by atoms with Crippen molar-refractivity contribution in [1.29, 1.82) is 0 Å². The number of hydrogen-bond acceptors (Lipinski definition) is 5. The van der Waals surface area contributed by atoms with Crippen LogP contribution in [0.4, 0.5) is 11.5 Å². The molecule has 0 aromatic carbocycles. The number of rotatable bonds is 5. The van der Waals surface area contributed by atoms with Crippen LogP contribution < -0.4 is 4.90 Å². The second-order valence-electron chi connectivity index (χ2n) is 4.82. The molecule has 0 aliphatic carbocycles. The summed E-state index contributed by atoms with van der Waals surface area (Å²) in [6.07, 6.45) is 1.01. The summed E-state index contributed by atoms with van der Waals surface area (Å²) in [5, 5.41) is 11.1. The molecular weight excluding hydrogens is 246 g/mol. The molecular formula is C13H19N3O3. The zero-order chi connectivity index (χ0) is 13.8. The Morgan fingerprint density at radius 2 is 2.37 bits per heavy atom. The van der Waals surface area contributed by atoms with Gasteiger partial charge in [0.15, 0.2) is 0 Å². The standard InChI is InChI=1S/C13H19N3O3/c1-3-15(8-11-6-7-19-9-11)13-12(16(17)18)5-4-10(2)14-13/h4-5,11H,3,6-9H2,1-2H3. The molecule has 1 fully saturated rings. The van der Waals surface area contributed by atoms with E-state index in [-0.39, 0.29) is 10.6 Å². The van der Waals surface area contributed by atoms with Gasteiger partial charge in [-0.1, -0.05) is 0 Å². The SMILES string of the molecule is CCN(CC1CCOC1)c1nc(C)ccc1[N+](=O)[O-]. The fourth-order valence-electron chi connectivity index (χ4n) is 2.32. The minimum atomic E-state index is -0.365. The molecule has 0 bridgehead atoms. The Hall–Kier alpha value is -1.69. The number of ether oxygens (including phenoxy) is 1. The first-order chi connectivity index (χ1) is 9.11. The van der Waals surface area contributed by atoms with Crippen molar-refractivity contribution in [3.8, 4) is 0 Å². The quantitative estimate of drug-likeness (QED) is 0.602. The number of aromatic nitrogens is 1. The van der Waals surface area contributed by atoms with Crippen molar-refractivity contribution in [1.82, 2.24) is 4.98 Å². The first kappa shape index (κ1) is 13.7. The lowest BCUT2D eigenvalue weighted by molar-refractivity contribution is -0.384. The Bertz CT molecular complexity index is 458. The Kier molecular flexibility index (Phi) is 4.31. The molecule has 6 nitrogen and oxygen atoms in total. The summed E-state index contributed by atoms with van der Waals surface area (Å²) in [5.41, 5.74) is 0.869. The van der Waals surface area contributed by atoms with Crippen molar-refractivity contribution in [2.24, 2.45) is 5.92 Å². The minimum absolute atomic E-state index is 0.0753. The molecule has 0 radical (unpaired) electrons. The van der Waals surface area contributed by atoms with Gasteiger partial charge in [0.25, 0.3) is 0 Å². The number of hydrogen-bond donors (Lipinski definition) is 0. The first-order valence-electron chi connectivity index (χ1n) is 6.56. The van der Waals surface area contributed by atoms with Gasteiger partial charge in [-0.25, -0.2) is 4.98 Å². The highest BCUT2D eigenvalue weighted by Gasteiger charge is 2.24. The third kappa shape index (κ3) is 3.20. The average molecular weight is 265 g/mol. The van der Waals surface area contributed by atoms with Crippen molar-refractivity contribution < 1.29 is 9.66 Å². The summed E-state index contributed by atoms with van der Waals surface area (Å²) in [6, 6.07) is 3.21. The molecule has 6 heteroatoms. The molecule has 1 aromatic rings. The van der Waals surface area contributed by atoms with E-state index in [0.717, 1.165) is 31.9 Å². The van der Waals surface area contributed by atoms with Crippen molar-refractivity contribution in [3.63, 3.8) is 0 Å². The van der Waals surface area contributed by atoms with Crippen LogP contribution in [0.5, 0.6) is 0 Å². The Balaban J connectivity index is 2.25. The van der Waals surface area contributed by atoms with Crippen molar-refractivity contribution >= 4 is 11.5 Å². The Morgan fingerprint density at radius 3 is 2.95 bits per heavy atom. The maximum absolute atomic E-state index is 11.1. The van der Waals surface area contributed by atoms with Crippen molar-refractivity contribution in [2.75, 3.05) is 31.2 Å². The molecule has 1 aliphatic rings. The van der Waals surface area contributed by atoms with Crippen LogP contribution in [-0.2, 0) is 4.74 Å². The zero-order valence-corrected chi connectivity index (χ0v) is 11.3. The largest absolute Gasteiger partial charge is 0.381 e. The van der Waals surface area contributed by atoms with Gasteiger partial charge < -0.3 is 9.64 Å². The fraction of sp³-hybridized carbons (Fsp3) is 0.615. The Labute approximate surface area is 112 Å². The van der Waals surface area contributed by atoms with Crippen molar-refractivity contribution in [2.45, 2.75) is 20.3 Å². The van der Waals surface area contributed by atoms with Crippen LogP contribution in [0.2, 0.25) is 0 Å². The molecule has 2 rings (SSSR count). The van der Waals surface area contributed by atoms with Crippen molar-refractivity contribution in [3.05, 3.63) is 27.9 Å². The predicted octanol–water partition coefficient (Wildman–Crippen LogP) is 2.16. The molecule has 1 saturated heterocycles. The van der Waals surface area contributed by atoms with Crippen LogP contribution >= 0.6 is 0 Å². The van der Waals surface area contributed by atoms with E-state index in [1.807, 2.05) is 18.7 Å². The molecule has 1 unspecified atom stereocenters. The van der Waals surface area contributed by atoms with Crippen LogP contribution in [0.15, 0.2) is 12.1 Å². The second kappa shape index (κ2) is 5.97. The van der Waals surface area contributed by atoms with E-state index in [9.17, 15) is 10.1 Å². The Morgan fingerprint density at radius 1 is 1.58 bits per heavy atom. The summed E-state index contributed by atoms with van der Waals surface area (Å²) in [6.45, 7) is 6.81. The van der Waals surface area contributed by atoms with Gasteiger partial charge >= 0.3 is 5.69 Å². The molecule has 1 aliphatic heterocycles. The number of nitro groups is 1. The van der Waals surface area contributed by atoms with E-state index >= 15 is 0 Å². The maximum Gasteiger partial charge on any atom is 0.311 e. The molecule has 19 heavy (non-hydrogen) atoms. The summed E-state index contributed by atoms with van der Waals surface area (Å²) >= 11 is 0. The van der Waals surface area contributed by atoms with E-state index in [4.69, 9.17) is 4.74 Å². The highest BCUT2D eigenvalue weighted by Crippen LogP contribution is 2.27. The minimum Gasteiger partial charge on any atom is -0.381 e. The van der Waals surface area contributed by atoms with Gasteiger partial charge in [0.2, 0.25) is 5.82 Å². The highest BCUT2D eigenvalue weighted by molar-refractivity contribution is 5.58. The summed E-state index contributed by atoms with van der Waals surface area (Å²) in [5.74, 6) is 0.904. The topological polar surface area (TPSA) is 68.5 Å². The molecule has 2 heterocycles. The molecule has 0 spiro atoms. The van der Waals surface area contributed by atoms with Gasteiger partial charge in [0.1, 0.15) is 0 Å². The third-order valence-electron chi connectivity index (χ3n) is 3.37. The van der Waals surface area contributed by atoms with Crippen LogP contribution in [-0.4, -0.2) is 36.2 Å². The summed E-state index contributed by atoms with van der Waals surface area (Å²) < 4.78 is 5.36. The average Bonchev–Trinajstić information content (AvgIpc) is 2.88. The van der Waals surface area contributed by atoms with Crippen LogP contribution in [0.25, 0.3) is 0 Å². The normalized spacial score (nSPS) is 18.5. The van der Waals surface area contributed by atoms with Gasteiger partial charge in [0, 0.05) is 37.4 Å². The second-order valence-corrected chi connectivity index (χ2v) is 4.82. The first-order valence-corrected chi connectivity index (χ1v) is 6.56. The summed E-state index contributed by atoms with van der Waals surface area (Å²) in [4.78, 5) is 17.1. The lowest BCUT2D eigenvalue weighted by atomic mass is 10.1. The zero-order valence-electron chi connectivity index (χ0n) is 11.3. The molecule has 0 amide bonds. The summed E-state index contributed by atoms with van der Waals surface area (Å²) in [7, 11) is 0. The molecule has 1 aromatic heterocycles. The van der Waals surface area contributed by atoms with E-state index in [2.05, 4.69) is 4.98 Å². The third-order valence-corrected chi connectivity index (χ3v) is 3.37. The number of aryl methyl sites for hydroxylation is 1. The van der Waals surface area contributed by atoms with Crippen LogP contribution in [0.1, 0.15) is 19.0 Å². The predicted molar refractivity (Wildman–Crippen MR) is 72.4 cm³/mol. The van der Waals surface area contributed by atoms with Gasteiger partial charge in [0.05, 0.1) is 11.5 Å². The lowest BCUT2D eigenvalue weighted by Crippen LogP contribution is -2.31. The number of pyridine rings is 1. The molecule has 0 N–H and O–H groups in total. The van der Waals surface area contributed by atoms with Gasteiger partial charge in [-0.2, -0.15) is 0 Å². The van der Waals surface area contributed by atoms with Gasteiger partial charge in [-0.15, -0.1) is 0 Å². The highest BCUT2D eigenvalue weighted by atomic mass is 16.6.